The van der Waals surface area contributed by atoms with E-state index in [0.29, 0.717) is 17.0 Å². The smallest absolute Gasteiger partial charge is 0.341 e. The first-order chi connectivity index (χ1) is 14.4. The zero-order valence-corrected chi connectivity index (χ0v) is 18.5. The van der Waals surface area contributed by atoms with E-state index in [4.69, 9.17) is 10.00 Å². The van der Waals surface area contributed by atoms with Crippen LogP contribution in [0.5, 0.6) is 0 Å². The highest BCUT2D eigenvalue weighted by Crippen LogP contribution is 2.38. The number of esters is 1. The Morgan fingerprint density at radius 1 is 1.27 bits per heavy atom. The molecule has 1 aromatic carbocycles. The number of hydrogen-bond donors (Lipinski definition) is 1. The Bertz CT molecular complexity index is 969. The van der Waals surface area contributed by atoms with Gasteiger partial charge in [-0.3, -0.25) is 4.79 Å². The predicted molar refractivity (Wildman–Crippen MR) is 119 cm³/mol. The molecule has 0 aliphatic carbocycles. The molecule has 7 heteroatoms. The van der Waals surface area contributed by atoms with Gasteiger partial charge in [0, 0.05) is 29.8 Å². The van der Waals surface area contributed by atoms with Gasteiger partial charge in [0.1, 0.15) is 10.6 Å². The summed E-state index contributed by atoms with van der Waals surface area (Å²) in [5, 5.41) is 14.2. The summed E-state index contributed by atoms with van der Waals surface area (Å²) in [6.07, 6.45) is 2.01. The molecule has 0 spiro atoms. The third-order valence-electron chi connectivity index (χ3n) is 5.60. The van der Waals surface area contributed by atoms with Gasteiger partial charge in [-0.05, 0) is 50.9 Å². The molecule has 0 atom stereocenters. The molecule has 0 saturated carbocycles. The second kappa shape index (κ2) is 9.88. The minimum atomic E-state index is -0.450. The standard InChI is InChI=1S/C23H27N3O3S/c1-15-5-6-16(2)18(13-15)19-14-30-22(20(19)23(28)29-3)25-21(27)17-7-11-26(12-8-17)10-4-9-24/h5-6,13-14,17H,4,7-8,10-12H2,1-3H3,(H,25,27). The molecule has 2 aromatic rings. The van der Waals surface area contributed by atoms with Crippen molar-refractivity contribution in [1.82, 2.24) is 4.90 Å². The molecule has 1 amide bonds. The maximum Gasteiger partial charge on any atom is 0.341 e. The number of benzene rings is 1. The highest BCUT2D eigenvalue weighted by Gasteiger charge is 2.28. The molecule has 1 aliphatic rings. The lowest BCUT2D eigenvalue weighted by Crippen LogP contribution is -2.38. The highest BCUT2D eigenvalue weighted by molar-refractivity contribution is 7.15. The van der Waals surface area contributed by atoms with E-state index in [1.54, 1.807) is 0 Å². The van der Waals surface area contributed by atoms with Crippen LogP contribution in [-0.4, -0.2) is 43.5 Å². The Labute approximate surface area is 181 Å². The zero-order chi connectivity index (χ0) is 21.7. The average Bonchev–Trinajstić information content (AvgIpc) is 3.16. The Morgan fingerprint density at radius 2 is 2.00 bits per heavy atom. The van der Waals surface area contributed by atoms with E-state index in [-0.39, 0.29) is 11.8 Å². The maximum absolute atomic E-state index is 12.9. The molecule has 2 heterocycles. The Hall–Kier alpha value is -2.69. The number of amides is 1. The number of rotatable bonds is 6. The van der Waals surface area contributed by atoms with Gasteiger partial charge in [-0.25, -0.2) is 4.79 Å². The van der Waals surface area contributed by atoms with E-state index in [9.17, 15) is 9.59 Å². The first-order valence-electron chi connectivity index (χ1n) is 10.1. The van der Waals surface area contributed by atoms with Crippen LogP contribution in [0, 0.1) is 31.1 Å². The molecule has 158 valence electrons. The van der Waals surface area contributed by atoms with Crippen LogP contribution >= 0.6 is 11.3 Å². The van der Waals surface area contributed by atoms with Gasteiger partial charge in [-0.15, -0.1) is 11.3 Å². The van der Waals surface area contributed by atoms with Gasteiger partial charge in [0.2, 0.25) is 5.91 Å². The van der Waals surface area contributed by atoms with Crippen LogP contribution in [0.2, 0.25) is 0 Å². The molecule has 1 saturated heterocycles. The molecule has 0 radical (unpaired) electrons. The molecular weight excluding hydrogens is 398 g/mol. The van der Waals surface area contributed by atoms with Crippen molar-refractivity contribution >= 4 is 28.2 Å². The Morgan fingerprint density at radius 3 is 2.67 bits per heavy atom. The van der Waals surface area contributed by atoms with Crippen LogP contribution in [0.15, 0.2) is 23.6 Å². The molecule has 30 heavy (non-hydrogen) atoms. The number of nitrogens with one attached hydrogen (secondary N) is 1. The number of hydrogen-bond acceptors (Lipinski definition) is 6. The maximum atomic E-state index is 12.9. The lowest BCUT2D eigenvalue weighted by molar-refractivity contribution is -0.121. The summed E-state index contributed by atoms with van der Waals surface area (Å²) in [4.78, 5) is 27.7. The number of nitrogens with zero attached hydrogens (tertiary/aromatic N) is 2. The van der Waals surface area contributed by atoms with Gasteiger partial charge in [-0.2, -0.15) is 5.26 Å². The van der Waals surface area contributed by atoms with Gasteiger partial charge in [0.25, 0.3) is 0 Å². The fourth-order valence-corrected chi connectivity index (χ4v) is 4.77. The van der Waals surface area contributed by atoms with Crippen molar-refractivity contribution in [3.05, 3.63) is 40.3 Å². The molecule has 3 rings (SSSR count). The number of likely N-dealkylation sites (tertiary alicyclic amines) is 1. The number of anilines is 1. The molecular formula is C23H27N3O3S. The number of piperidine rings is 1. The molecule has 1 aromatic heterocycles. The second-order valence-electron chi connectivity index (χ2n) is 7.68. The van der Waals surface area contributed by atoms with E-state index >= 15 is 0 Å². The normalized spacial score (nSPS) is 14.9. The van der Waals surface area contributed by atoms with E-state index in [1.165, 1.54) is 18.4 Å². The summed E-state index contributed by atoms with van der Waals surface area (Å²) in [6.45, 7) is 6.38. The van der Waals surface area contributed by atoms with Crippen molar-refractivity contribution in [2.45, 2.75) is 33.1 Å². The SMILES string of the molecule is COC(=O)c1c(-c2cc(C)ccc2C)csc1NC(=O)C1CCN(CCC#N)CC1. The lowest BCUT2D eigenvalue weighted by atomic mass is 9.95. The molecule has 0 unspecified atom stereocenters. The van der Waals surface area contributed by atoms with Crippen molar-refractivity contribution in [2.24, 2.45) is 5.92 Å². The van der Waals surface area contributed by atoms with Gasteiger partial charge in [0.05, 0.1) is 13.2 Å². The van der Waals surface area contributed by atoms with Crippen LogP contribution in [0.1, 0.15) is 40.7 Å². The van der Waals surface area contributed by atoms with Crippen molar-refractivity contribution in [2.75, 3.05) is 32.1 Å². The molecule has 0 bridgehead atoms. The molecule has 1 N–H and O–H groups in total. The molecule has 6 nitrogen and oxygen atoms in total. The number of thiophene rings is 1. The van der Waals surface area contributed by atoms with Crippen LogP contribution in [0.4, 0.5) is 5.00 Å². The van der Waals surface area contributed by atoms with Crippen molar-refractivity contribution < 1.29 is 14.3 Å². The Kier molecular flexibility index (Phi) is 7.24. The van der Waals surface area contributed by atoms with Crippen molar-refractivity contribution in [3.63, 3.8) is 0 Å². The summed E-state index contributed by atoms with van der Waals surface area (Å²) >= 11 is 1.35. The number of nitriles is 1. The third-order valence-corrected chi connectivity index (χ3v) is 6.49. The number of ether oxygens (including phenoxy) is 1. The summed E-state index contributed by atoms with van der Waals surface area (Å²) in [5.74, 6) is -0.608. The van der Waals surface area contributed by atoms with Gasteiger partial charge < -0.3 is 15.0 Å². The van der Waals surface area contributed by atoms with Gasteiger partial charge >= 0.3 is 5.97 Å². The third kappa shape index (κ3) is 4.89. The minimum Gasteiger partial charge on any atom is -0.465 e. The summed E-state index contributed by atoms with van der Waals surface area (Å²) in [6, 6.07) is 8.28. The number of aryl methyl sites for hydroxylation is 2. The largest absolute Gasteiger partial charge is 0.465 e. The summed E-state index contributed by atoms with van der Waals surface area (Å²) in [7, 11) is 1.36. The first-order valence-corrected chi connectivity index (χ1v) is 11.0. The zero-order valence-electron chi connectivity index (χ0n) is 17.7. The predicted octanol–water partition coefficient (Wildman–Crippen LogP) is 4.38. The van der Waals surface area contributed by atoms with Crippen molar-refractivity contribution in [3.8, 4) is 17.2 Å². The molecule has 1 fully saturated rings. The van der Waals surface area contributed by atoms with E-state index in [2.05, 4.69) is 16.3 Å². The molecule has 1 aliphatic heterocycles. The van der Waals surface area contributed by atoms with E-state index in [1.807, 2.05) is 37.4 Å². The monoisotopic (exact) mass is 425 g/mol. The second-order valence-corrected chi connectivity index (χ2v) is 8.56. The Balaban J connectivity index is 1.79. The van der Waals surface area contributed by atoms with Crippen molar-refractivity contribution in [1.29, 1.82) is 5.26 Å². The van der Waals surface area contributed by atoms with E-state index in [0.717, 1.165) is 54.7 Å². The number of carbonyl (C=O) groups is 2. The minimum absolute atomic E-state index is 0.0607. The van der Waals surface area contributed by atoms with Crippen LogP contribution < -0.4 is 5.32 Å². The first kappa shape index (κ1) is 22.0. The fraction of sp³-hybridized carbons (Fsp3) is 0.435. The van der Waals surface area contributed by atoms with Crippen LogP contribution in [0.3, 0.4) is 0 Å². The van der Waals surface area contributed by atoms with Crippen LogP contribution in [0.25, 0.3) is 11.1 Å². The topological polar surface area (TPSA) is 82.4 Å². The summed E-state index contributed by atoms with van der Waals surface area (Å²) < 4.78 is 5.03. The highest BCUT2D eigenvalue weighted by atomic mass is 32.1. The summed E-state index contributed by atoms with van der Waals surface area (Å²) in [5.41, 5.74) is 4.33. The van der Waals surface area contributed by atoms with Gasteiger partial charge in [-0.1, -0.05) is 23.8 Å². The fourth-order valence-electron chi connectivity index (χ4n) is 3.82. The van der Waals surface area contributed by atoms with E-state index < -0.39 is 5.97 Å². The lowest BCUT2D eigenvalue weighted by Gasteiger charge is -2.30. The van der Waals surface area contributed by atoms with Crippen LogP contribution in [-0.2, 0) is 9.53 Å². The quantitative estimate of drug-likeness (QED) is 0.695. The average molecular weight is 426 g/mol. The number of carbonyl (C=O) groups excluding carboxylic acids is 2. The number of methoxy groups -OCH3 is 1. The van der Waals surface area contributed by atoms with Gasteiger partial charge in [0.15, 0.2) is 0 Å².